The van der Waals surface area contributed by atoms with Gasteiger partial charge in [0.25, 0.3) is 0 Å². The lowest BCUT2D eigenvalue weighted by molar-refractivity contribution is -0.152. The van der Waals surface area contributed by atoms with Crippen LogP contribution in [0.1, 0.15) is 63.9 Å². The lowest BCUT2D eigenvalue weighted by Gasteiger charge is -2.41. The summed E-state index contributed by atoms with van der Waals surface area (Å²) in [6.07, 6.45) is 5.45. The second kappa shape index (κ2) is 13.7. The number of aromatic nitrogens is 4. The van der Waals surface area contributed by atoms with Crippen molar-refractivity contribution < 1.29 is 23.9 Å². The van der Waals surface area contributed by atoms with E-state index in [1.54, 1.807) is 58.3 Å². The fourth-order valence-electron chi connectivity index (χ4n) is 5.06. The lowest BCUT2D eigenvalue weighted by atomic mass is 9.66. The van der Waals surface area contributed by atoms with Crippen molar-refractivity contribution in [2.75, 3.05) is 11.9 Å². The number of rotatable bonds is 14. The highest BCUT2D eigenvalue weighted by Gasteiger charge is 2.46. The molecule has 12 nitrogen and oxygen atoms in total. The molecule has 4 rings (SSSR count). The van der Waals surface area contributed by atoms with Crippen molar-refractivity contribution >= 4 is 34.9 Å². The predicted octanol–water partition coefficient (Wildman–Crippen LogP) is 3.25. The van der Waals surface area contributed by atoms with Crippen LogP contribution in [0.15, 0.2) is 36.7 Å². The highest BCUT2D eigenvalue weighted by Crippen LogP contribution is 2.43. The molecule has 0 aromatic carbocycles. The molecule has 2 amide bonds. The number of nitrogens with one attached hydrogen (secondary N) is 3. The number of carbonyl (C=O) groups excluding carboxylic acids is 2. The van der Waals surface area contributed by atoms with Gasteiger partial charge in [0.2, 0.25) is 11.8 Å². The molecular formula is C30H39FN8O4S. The number of aliphatic carboxylic acids is 1. The average molecular weight is 627 g/mol. The van der Waals surface area contributed by atoms with Gasteiger partial charge >= 0.3 is 5.97 Å². The van der Waals surface area contributed by atoms with Crippen molar-refractivity contribution in [3.05, 3.63) is 53.0 Å². The second-order valence-electron chi connectivity index (χ2n) is 11.9. The number of halogens is 1. The first-order chi connectivity index (χ1) is 20.9. The number of hydrogen-bond acceptors (Lipinski definition) is 10. The van der Waals surface area contributed by atoms with Gasteiger partial charge in [-0.1, -0.05) is 34.1 Å². The monoisotopic (exact) mass is 626 g/mol. The van der Waals surface area contributed by atoms with Crippen LogP contribution in [-0.4, -0.2) is 61.2 Å². The van der Waals surface area contributed by atoms with Crippen LogP contribution in [0, 0.1) is 17.7 Å². The van der Waals surface area contributed by atoms with Gasteiger partial charge in [0.15, 0.2) is 0 Å². The first-order valence-corrected chi connectivity index (χ1v) is 15.4. The highest BCUT2D eigenvalue weighted by atomic mass is 32.1. The van der Waals surface area contributed by atoms with Gasteiger partial charge in [0, 0.05) is 29.2 Å². The molecule has 0 aliphatic heterocycles. The molecule has 0 unspecified atom stereocenters. The topological polar surface area (TPSA) is 185 Å². The van der Waals surface area contributed by atoms with Crippen LogP contribution < -0.4 is 21.7 Å². The second-order valence-corrected chi connectivity index (χ2v) is 13.0. The average Bonchev–Trinajstić information content (AvgIpc) is 3.44. The van der Waals surface area contributed by atoms with Gasteiger partial charge in [-0.15, -0.1) is 21.5 Å². The van der Waals surface area contributed by atoms with Gasteiger partial charge in [-0.05, 0) is 48.9 Å². The summed E-state index contributed by atoms with van der Waals surface area (Å²) in [6.45, 7) is 7.38. The summed E-state index contributed by atoms with van der Waals surface area (Å²) in [5.74, 6) is -3.02. The molecule has 0 spiro atoms. The van der Waals surface area contributed by atoms with E-state index in [0.29, 0.717) is 28.8 Å². The summed E-state index contributed by atoms with van der Waals surface area (Å²) in [5, 5.41) is 27.7. The normalized spacial score (nSPS) is 16.1. The maximum Gasteiger partial charge on any atom is 0.330 e. The number of carboxylic acids is 1. The molecule has 1 saturated carbocycles. The maximum absolute atomic E-state index is 14.4. The quantitative estimate of drug-likeness (QED) is 0.178. The Morgan fingerprint density at radius 1 is 1.14 bits per heavy atom. The van der Waals surface area contributed by atoms with Crippen molar-refractivity contribution in [1.29, 1.82) is 0 Å². The first kappa shape index (κ1) is 32.9. The zero-order valence-electron chi connectivity index (χ0n) is 25.3. The number of amides is 2. The number of thiazole rings is 1. The Morgan fingerprint density at radius 2 is 1.89 bits per heavy atom. The minimum absolute atomic E-state index is 0.114. The van der Waals surface area contributed by atoms with Crippen LogP contribution in [0.2, 0.25) is 0 Å². The van der Waals surface area contributed by atoms with E-state index >= 15 is 0 Å². The third-order valence-corrected chi connectivity index (χ3v) is 9.27. The largest absolute Gasteiger partial charge is 0.479 e. The Kier molecular flexibility index (Phi) is 10.3. The summed E-state index contributed by atoms with van der Waals surface area (Å²) in [4.78, 5) is 47.2. The SMILES string of the molecule is CC(C)[C@H](N)C(=O)N[C@](CC(=O)NCc1cnc(-c2ccc(NCC3(c4ncccc4F)CCC3)nn2)s1)(C(=O)O)C(C)C. The Labute approximate surface area is 259 Å². The van der Waals surface area contributed by atoms with Crippen LogP contribution in [0.5, 0.6) is 0 Å². The molecule has 236 valence electrons. The Morgan fingerprint density at radius 3 is 2.45 bits per heavy atom. The van der Waals surface area contributed by atoms with Gasteiger partial charge in [-0.2, -0.15) is 0 Å². The number of hydrogen-bond donors (Lipinski definition) is 5. The molecule has 1 fully saturated rings. The molecule has 0 bridgehead atoms. The van der Waals surface area contributed by atoms with Gasteiger partial charge in [-0.3, -0.25) is 14.6 Å². The summed E-state index contributed by atoms with van der Waals surface area (Å²) >= 11 is 1.31. The maximum atomic E-state index is 14.4. The number of nitrogens with two attached hydrogens (primary N) is 1. The number of carbonyl (C=O) groups is 3. The van der Waals surface area contributed by atoms with E-state index in [4.69, 9.17) is 5.73 Å². The molecule has 1 aliphatic carbocycles. The van der Waals surface area contributed by atoms with E-state index in [9.17, 15) is 23.9 Å². The predicted molar refractivity (Wildman–Crippen MR) is 164 cm³/mol. The van der Waals surface area contributed by atoms with Crippen LogP contribution in [0.25, 0.3) is 10.7 Å². The van der Waals surface area contributed by atoms with E-state index in [2.05, 4.69) is 36.1 Å². The van der Waals surface area contributed by atoms with Gasteiger partial charge < -0.3 is 26.8 Å². The van der Waals surface area contributed by atoms with Gasteiger partial charge in [0.1, 0.15) is 27.9 Å². The summed E-state index contributed by atoms with van der Waals surface area (Å²) in [6, 6.07) is 5.67. The fraction of sp³-hybridized carbons (Fsp3) is 0.500. The number of carboxylic acid groups (broad SMARTS) is 1. The fourth-order valence-corrected chi connectivity index (χ4v) is 5.88. The first-order valence-electron chi connectivity index (χ1n) is 14.6. The Hall–Kier alpha value is -4.04. The molecule has 44 heavy (non-hydrogen) atoms. The van der Waals surface area contributed by atoms with E-state index in [0.717, 1.165) is 24.1 Å². The van der Waals surface area contributed by atoms with Gasteiger partial charge in [0.05, 0.1) is 24.7 Å². The van der Waals surface area contributed by atoms with E-state index < -0.39 is 41.7 Å². The van der Waals surface area contributed by atoms with E-state index in [1.807, 2.05) is 0 Å². The summed E-state index contributed by atoms with van der Waals surface area (Å²) in [7, 11) is 0. The third-order valence-electron chi connectivity index (χ3n) is 8.25. The zero-order valence-corrected chi connectivity index (χ0v) is 26.1. The van der Waals surface area contributed by atoms with Crippen molar-refractivity contribution in [1.82, 2.24) is 30.8 Å². The van der Waals surface area contributed by atoms with Crippen LogP contribution >= 0.6 is 11.3 Å². The Bertz CT molecular complexity index is 1480. The number of pyridine rings is 1. The number of nitrogens with zero attached hydrogens (tertiary/aromatic N) is 4. The molecular weight excluding hydrogens is 587 g/mol. The highest BCUT2D eigenvalue weighted by molar-refractivity contribution is 7.15. The molecule has 6 N–H and O–H groups in total. The lowest BCUT2D eigenvalue weighted by Crippen LogP contribution is -2.63. The molecule has 1 aliphatic rings. The minimum Gasteiger partial charge on any atom is -0.479 e. The van der Waals surface area contributed by atoms with Crippen molar-refractivity contribution in [3.8, 4) is 10.7 Å². The number of anilines is 1. The molecule has 3 heterocycles. The molecule has 3 aromatic rings. The molecule has 14 heteroatoms. The molecule has 3 aromatic heterocycles. The minimum atomic E-state index is -1.82. The standard InChI is InChI=1S/C30H39FN8O4S/c1-17(2)24(32)26(41)37-30(18(3)4,28(42)43)13-23(40)34-14-19-15-35-27(44-19)21-8-9-22(39-38-21)36-16-29(10-6-11-29)25-20(31)7-5-12-33-25/h5,7-9,12,15,17-18,24H,6,10-11,13-14,16,32H2,1-4H3,(H,34,40)(H,36,39)(H,37,41)(H,42,43)/t24-,30-/m0/s1. The van der Waals surface area contributed by atoms with Crippen molar-refractivity contribution in [2.24, 2.45) is 17.6 Å². The van der Waals surface area contributed by atoms with Crippen molar-refractivity contribution in [2.45, 2.75) is 76.9 Å². The summed E-state index contributed by atoms with van der Waals surface area (Å²) < 4.78 is 14.4. The van der Waals surface area contributed by atoms with Crippen LogP contribution in [0.4, 0.5) is 10.2 Å². The molecule has 0 radical (unpaired) electrons. The van der Waals surface area contributed by atoms with E-state index in [1.165, 1.54) is 17.4 Å². The van der Waals surface area contributed by atoms with Crippen molar-refractivity contribution in [3.63, 3.8) is 0 Å². The molecule has 0 saturated heterocycles. The third kappa shape index (κ3) is 7.18. The van der Waals surface area contributed by atoms with Gasteiger partial charge in [-0.25, -0.2) is 14.2 Å². The molecule has 2 atom stereocenters. The summed E-state index contributed by atoms with van der Waals surface area (Å²) in [5.41, 5.74) is 4.75. The van der Waals surface area contributed by atoms with Crippen LogP contribution in [-0.2, 0) is 26.3 Å². The van der Waals surface area contributed by atoms with E-state index in [-0.39, 0.29) is 23.7 Å². The smallest absolute Gasteiger partial charge is 0.330 e. The zero-order chi connectivity index (χ0) is 32.1. The Balaban J connectivity index is 1.34. The van der Waals surface area contributed by atoms with Crippen LogP contribution in [0.3, 0.4) is 0 Å².